The fourth-order valence-corrected chi connectivity index (χ4v) is 4.23. The van der Waals surface area contributed by atoms with Crippen LogP contribution in [0.15, 0.2) is 35.6 Å². The molecule has 0 saturated carbocycles. The predicted octanol–water partition coefficient (Wildman–Crippen LogP) is 4.21. The maximum atomic E-state index is 12.8. The van der Waals surface area contributed by atoms with Crippen molar-refractivity contribution < 1.29 is 14.3 Å². The Morgan fingerprint density at radius 2 is 1.93 bits per heavy atom. The van der Waals surface area contributed by atoms with Crippen molar-refractivity contribution in [3.05, 3.63) is 63.5 Å². The number of benzene rings is 1. The van der Waals surface area contributed by atoms with Gasteiger partial charge in [-0.05, 0) is 57.6 Å². The van der Waals surface area contributed by atoms with Crippen molar-refractivity contribution in [2.24, 2.45) is 0 Å². The van der Waals surface area contributed by atoms with Gasteiger partial charge in [-0.2, -0.15) is 0 Å². The Morgan fingerprint density at radius 3 is 2.64 bits per heavy atom. The van der Waals surface area contributed by atoms with Crippen molar-refractivity contribution in [2.45, 2.75) is 52.4 Å². The molecular weight excluding hydrogens is 352 g/mol. The topological polar surface area (TPSA) is 74.4 Å². The summed E-state index contributed by atoms with van der Waals surface area (Å²) in [6, 6.07) is 8.18. The van der Waals surface area contributed by atoms with Crippen LogP contribution >= 0.6 is 0 Å². The number of hydrogen-bond acceptors (Lipinski definition) is 5. The van der Waals surface area contributed by atoms with Gasteiger partial charge in [0.2, 0.25) is 5.88 Å². The highest BCUT2D eigenvalue weighted by Crippen LogP contribution is 2.47. The minimum atomic E-state index is -0.367. The highest BCUT2D eigenvalue weighted by atomic mass is 16.5. The molecule has 2 heterocycles. The summed E-state index contributed by atoms with van der Waals surface area (Å²) in [5.74, 6) is 0.338. The standard InChI is InChI=1S/C23H26N2O3/c1-4-27-23(26)18-14(3)28-22-20(19(18)15-11-9-13(2)10-12-15)21(24)16-7-5-6-8-17(16)25-22/h9-12,19H,4-8H2,1-3H3,(H2,24,25)/t19-/m0/s1. The van der Waals surface area contributed by atoms with Crippen molar-refractivity contribution >= 4 is 11.7 Å². The van der Waals surface area contributed by atoms with Crippen molar-refractivity contribution in [2.75, 3.05) is 12.3 Å². The molecule has 5 nitrogen and oxygen atoms in total. The number of pyridine rings is 1. The van der Waals surface area contributed by atoms with Crippen LogP contribution in [-0.4, -0.2) is 17.6 Å². The van der Waals surface area contributed by atoms with E-state index >= 15 is 0 Å². The number of rotatable bonds is 3. The summed E-state index contributed by atoms with van der Waals surface area (Å²) >= 11 is 0. The van der Waals surface area contributed by atoms with Gasteiger partial charge in [0.05, 0.1) is 23.7 Å². The molecule has 0 fully saturated rings. The summed E-state index contributed by atoms with van der Waals surface area (Å²) in [5, 5.41) is 0. The molecule has 1 aliphatic carbocycles. The number of fused-ring (bicyclic) bond motifs is 2. The molecule has 0 spiro atoms. The maximum Gasteiger partial charge on any atom is 0.338 e. The zero-order valence-corrected chi connectivity index (χ0v) is 16.7. The Labute approximate surface area is 165 Å². The number of allylic oxidation sites excluding steroid dienone is 1. The van der Waals surface area contributed by atoms with Gasteiger partial charge in [0.15, 0.2) is 0 Å². The quantitative estimate of drug-likeness (QED) is 0.810. The predicted molar refractivity (Wildman–Crippen MR) is 108 cm³/mol. The zero-order chi connectivity index (χ0) is 19.8. The molecule has 0 bridgehead atoms. The fourth-order valence-electron chi connectivity index (χ4n) is 4.23. The van der Waals surface area contributed by atoms with Crippen LogP contribution in [0.2, 0.25) is 0 Å². The lowest BCUT2D eigenvalue weighted by Gasteiger charge is -2.31. The number of ether oxygens (including phenoxy) is 2. The molecule has 5 heteroatoms. The summed E-state index contributed by atoms with van der Waals surface area (Å²) in [6.07, 6.45) is 4.05. The lowest BCUT2D eigenvalue weighted by atomic mass is 9.80. The van der Waals surface area contributed by atoms with Crippen LogP contribution < -0.4 is 10.5 Å². The third-order valence-electron chi connectivity index (χ3n) is 5.63. The third-order valence-corrected chi connectivity index (χ3v) is 5.63. The van der Waals surface area contributed by atoms with E-state index in [0.717, 1.165) is 53.6 Å². The number of carbonyl (C=O) groups excluding carboxylic acids is 1. The van der Waals surface area contributed by atoms with Crippen LogP contribution in [0.1, 0.15) is 60.6 Å². The second-order valence-corrected chi connectivity index (χ2v) is 7.51. The number of aromatic nitrogens is 1. The molecule has 1 aromatic heterocycles. The number of nitrogens with zero attached hydrogens (tertiary/aromatic N) is 1. The molecule has 0 saturated heterocycles. The normalized spacial score (nSPS) is 18.2. The molecule has 2 aliphatic rings. The van der Waals surface area contributed by atoms with E-state index in [1.807, 2.05) is 31.2 Å². The molecule has 0 amide bonds. The van der Waals surface area contributed by atoms with Crippen LogP contribution in [0.25, 0.3) is 0 Å². The smallest absolute Gasteiger partial charge is 0.338 e. The first-order valence-electron chi connectivity index (χ1n) is 9.94. The van der Waals surface area contributed by atoms with Crippen LogP contribution in [0, 0.1) is 6.92 Å². The molecule has 28 heavy (non-hydrogen) atoms. The fraction of sp³-hybridized carbons (Fsp3) is 0.391. The van der Waals surface area contributed by atoms with E-state index in [1.165, 1.54) is 0 Å². The largest absolute Gasteiger partial charge is 0.463 e. The lowest BCUT2D eigenvalue weighted by Crippen LogP contribution is -2.26. The van der Waals surface area contributed by atoms with Crippen LogP contribution in [0.3, 0.4) is 0 Å². The second kappa shape index (κ2) is 7.30. The number of nitrogens with two attached hydrogens (primary N) is 1. The van der Waals surface area contributed by atoms with Gasteiger partial charge in [0.1, 0.15) is 5.76 Å². The van der Waals surface area contributed by atoms with Crippen molar-refractivity contribution in [3.8, 4) is 5.88 Å². The Morgan fingerprint density at radius 1 is 1.21 bits per heavy atom. The third kappa shape index (κ3) is 3.05. The van der Waals surface area contributed by atoms with Crippen LogP contribution in [-0.2, 0) is 22.4 Å². The Balaban J connectivity index is 1.95. The average molecular weight is 378 g/mol. The van der Waals surface area contributed by atoms with Gasteiger partial charge in [-0.15, -0.1) is 0 Å². The minimum absolute atomic E-state index is 0.307. The van der Waals surface area contributed by atoms with Gasteiger partial charge in [-0.1, -0.05) is 29.8 Å². The number of carbonyl (C=O) groups is 1. The molecular formula is C23H26N2O3. The highest BCUT2D eigenvalue weighted by Gasteiger charge is 2.38. The van der Waals surface area contributed by atoms with Crippen LogP contribution in [0.5, 0.6) is 5.88 Å². The number of nitrogen functional groups attached to an aromatic ring is 1. The number of esters is 1. The summed E-state index contributed by atoms with van der Waals surface area (Å²) in [5.41, 5.74) is 12.9. The minimum Gasteiger partial charge on any atom is -0.463 e. The molecule has 146 valence electrons. The molecule has 0 unspecified atom stereocenters. The Bertz CT molecular complexity index is 961. The van der Waals surface area contributed by atoms with E-state index in [4.69, 9.17) is 20.2 Å². The molecule has 1 aromatic carbocycles. The van der Waals surface area contributed by atoms with E-state index < -0.39 is 0 Å². The van der Waals surface area contributed by atoms with E-state index in [1.54, 1.807) is 13.8 Å². The van der Waals surface area contributed by atoms with Gasteiger partial charge in [0, 0.05) is 11.4 Å². The van der Waals surface area contributed by atoms with E-state index in [2.05, 4.69) is 0 Å². The monoisotopic (exact) mass is 378 g/mol. The summed E-state index contributed by atoms with van der Waals surface area (Å²) in [6.45, 7) is 5.95. The first-order chi connectivity index (χ1) is 13.5. The molecule has 2 aromatic rings. The molecule has 4 rings (SSSR count). The summed E-state index contributed by atoms with van der Waals surface area (Å²) in [4.78, 5) is 17.7. The first-order valence-corrected chi connectivity index (χ1v) is 9.94. The first kappa shape index (κ1) is 18.5. The zero-order valence-electron chi connectivity index (χ0n) is 16.7. The number of hydrogen-bond donors (Lipinski definition) is 1. The van der Waals surface area contributed by atoms with Crippen LogP contribution in [0.4, 0.5) is 5.69 Å². The molecule has 0 radical (unpaired) electrons. The lowest BCUT2D eigenvalue weighted by molar-refractivity contribution is -0.139. The van der Waals surface area contributed by atoms with Gasteiger partial charge < -0.3 is 15.2 Å². The molecule has 1 aliphatic heterocycles. The Hall–Kier alpha value is -2.82. The van der Waals surface area contributed by atoms with Gasteiger partial charge in [-0.3, -0.25) is 0 Å². The summed E-state index contributed by atoms with van der Waals surface area (Å²) in [7, 11) is 0. The number of anilines is 1. The Kier molecular flexibility index (Phi) is 4.84. The maximum absolute atomic E-state index is 12.8. The highest BCUT2D eigenvalue weighted by molar-refractivity contribution is 5.93. The summed E-state index contributed by atoms with van der Waals surface area (Å²) < 4.78 is 11.4. The second-order valence-electron chi connectivity index (χ2n) is 7.51. The van der Waals surface area contributed by atoms with Crippen molar-refractivity contribution in [3.63, 3.8) is 0 Å². The molecule has 2 N–H and O–H groups in total. The van der Waals surface area contributed by atoms with E-state index in [-0.39, 0.29) is 11.9 Å². The van der Waals surface area contributed by atoms with E-state index in [0.29, 0.717) is 29.5 Å². The average Bonchev–Trinajstić information content (AvgIpc) is 2.68. The van der Waals surface area contributed by atoms with Gasteiger partial charge >= 0.3 is 5.97 Å². The van der Waals surface area contributed by atoms with Gasteiger partial charge in [0.25, 0.3) is 0 Å². The van der Waals surface area contributed by atoms with Crippen molar-refractivity contribution in [1.29, 1.82) is 0 Å². The van der Waals surface area contributed by atoms with E-state index in [9.17, 15) is 4.79 Å². The molecule has 1 atom stereocenters. The van der Waals surface area contributed by atoms with Gasteiger partial charge in [-0.25, -0.2) is 9.78 Å². The SMILES string of the molecule is CCOC(=O)C1=C(C)Oc2nc3c(c(N)c2[C@H]1c1ccc(C)cc1)CCCC3. The van der Waals surface area contributed by atoms with Crippen molar-refractivity contribution in [1.82, 2.24) is 4.98 Å². The number of aryl methyl sites for hydroxylation is 2.